The molecule has 3 aromatic carbocycles. The van der Waals surface area contributed by atoms with E-state index in [4.69, 9.17) is 9.97 Å². The van der Waals surface area contributed by atoms with Gasteiger partial charge in [0.2, 0.25) is 0 Å². The molecule has 180 valence electrons. The second-order valence-corrected chi connectivity index (χ2v) is 9.13. The van der Waals surface area contributed by atoms with Crippen molar-refractivity contribution >= 4 is 33.7 Å². The van der Waals surface area contributed by atoms with E-state index in [0.717, 1.165) is 59.3 Å². The Hall–Kier alpha value is -4.33. The molecule has 0 bridgehead atoms. The summed E-state index contributed by atoms with van der Waals surface area (Å²) in [4.78, 5) is 25.1. The highest BCUT2D eigenvalue weighted by molar-refractivity contribution is 5.98. The number of anilines is 1. The number of hydrogen-bond acceptors (Lipinski definition) is 5. The molecule has 3 heterocycles. The molecule has 1 saturated heterocycles. The van der Waals surface area contributed by atoms with E-state index >= 15 is 0 Å². The first-order valence-electron chi connectivity index (χ1n) is 12.2. The third-order valence-corrected chi connectivity index (χ3v) is 6.64. The molecule has 7 nitrogen and oxygen atoms in total. The number of aromatic nitrogens is 4. The van der Waals surface area contributed by atoms with Crippen LogP contribution in [0.4, 0.5) is 10.2 Å². The molecular weight excluding hydrogens is 455 g/mol. The fraction of sp³-hybridized carbons (Fsp3) is 0.214. The summed E-state index contributed by atoms with van der Waals surface area (Å²) in [7, 11) is 0. The summed E-state index contributed by atoms with van der Waals surface area (Å²) >= 11 is 0. The van der Waals surface area contributed by atoms with Crippen LogP contribution in [0.3, 0.4) is 0 Å². The third-order valence-electron chi connectivity index (χ3n) is 6.64. The molecule has 8 heteroatoms. The zero-order valence-electron chi connectivity index (χ0n) is 19.7. The van der Waals surface area contributed by atoms with Gasteiger partial charge in [0.15, 0.2) is 5.82 Å². The Morgan fingerprint density at radius 3 is 2.61 bits per heavy atom. The molecule has 6 rings (SSSR count). The third kappa shape index (κ3) is 4.37. The lowest BCUT2D eigenvalue weighted by Gasteiger charge is -2.29. The highest BCUT2D eigenvalue weighted by atomic mass is 19.1. The van der Waals surface area contributed by atoms with Gasteiger partial charge >= 0.3 is 0 Å². The molecule has 0 atom stereocenters. The highest BCUT2D eigenvalue weighted by Crippen LogP contribution is 2.32. The SMILES string of the molecule is O=C(NCc1ccc2[nH]ncc2c1)c1ccc2nc(N3CCCCC3)c(-c3ccc(F)cc3)nc2c1. The van der Waals surface area contributed by atoms with E-state index in [2.05, 4.69) is 20.4 Å². The molecule has 0 aliphatic carbocycles. The maximum atomic E-state index is 13.6. The molecule has 0 unspecified atom stereocenters. The van der Waals surface area contributed by atoms with Crippen LogP contribution < -0.4 is 10.2 Å². The lowest BCUT2D eigenvalue weighted by Crippen LogP contribution is -2.31. The number of rotatable bonds is 5. The van der Waals surface area contributed by atoms with Crippen LogP contribution in [-0.4, -0.2) is 39.2 Å². The summed E-state index contributed by atoms with van der Waals surface area (Å²) in [5.74, 6) is 0.327. The minimum absolute atomic E-state index is 0.186. The number of H-pyrrole nitrogens is 1. The number of nitrogens with one attached hydrogen (secondary N) is 2. The topological polar surface area (TPSA) is 86.8 Å². The zero-order chi connectivity index (χ0) is 24.5. The Bertz CT molecular complexity index is 1560. The molecule has 1 amide bonds. The van der Waals surface area contributed by atoms with Gasteiger partial charge in [-0.2, -0.15) is 5.10 Å². The maximum Gasteiger partial charge on any atom is 0.251 e. The number of hydrogen-bond donors (Lipinski definition) is 2. The number of carbonyl (C=O) groups excluding carboxylic acids is 1. The number of piperidine rings is 1. The molecule has 1 fully saturated rings. The van der Waals surface area contributed by atoms with Gasteiger partial charge in [-0.1, -0.05) is 6.07 Å². The second-order valence-electron chi connectivity index (χ2n) is 9.13. The van der Waals surface area contributed by atoms with Gasteiger partial charge in [0.25, 0.3) is 5.91 Å². The number of benzene rings is 3. The Balaban J connectivity index is 1.31. The number of carbonyl (C=O) groups is 1. The van der Waals surface area contributed by atoms with Crippen molar-refractivity contribution in [1.29, 1.82) is 0 Å². The van der Waals surface area contributed by atoms with Crippen LogP contribution in [0.15, 0.2) is 66.9 Å². The van der Waals surface area contributed by atoms with Crippen LogP contribution in [0.1, 0.15) is 35.2 Å². The summed E-state index contributed by atoms with van der Waals surface area (Å²) in [6.45, 7) is 2.23. The zero-order valence-corrected chi connectivity index (χ0v) is 19.7. The first kappa shape index (κ1) is 22.2. The predicted molar refractivity (Wildman–Crippen MR) is 138 cm³/mol. The van der Waals surface area contributed by atoms with Gasteiger partial charge in [0.05, 0.1) is 22.7 Å². The summed E-state index contributed by atoms with van der Waals surface area (Å²) in [5.41, 5.74) is 5.32. The molecule has 5 aromatic rings. The lowest BCUT2D eigenvalue weighted by molar-refractivity contribution is 0.0951. The monoisotopic (exact) mass is 480 g/mol. The molecule has 36 heavy (non-hydrogen) atoms. The number of aromatic amines is 1. The van der Waals surface area contributed by atoms with Gasteiger partial charge in [0.1, 0.15) is 11.5 Å². The average Bonchev–Trinajstić information content (AvgIpc) is 3.40. The van der Waals surface area contributed by atoms with Crippen LogP contribution >= 0.6 is 0 Å². The van der Waals surface area contributed by atoms with Crippen molar-refractivity contribution in [2.24, 2.45) is 0 Å². The predicted octanol–water partition coefficient (Wildman–Crippen LogP) is 5.23. The van der Waals surface area contributed by atoms with Crippen LogP contribution in [0.5, 0.6) is 0 Å². The van der Waals surface area contributed by atoms with Gasteiger partial charge in [-0.3, -0.25) is 9.89 Å². The minimum Gasteiger partial charge on any atom is -0.355 e. The summed E-state index contributed by atoms with van der Waals surface area (Å²) < 4.78 is 13.6. The highest BCUT2D eigenvalue weighted by Gasteiger charge is 2.20. The summed E-state index contributed by atoms with van der Waals surface area (Å²) in [6.07, 6.45) is 5.18. The summed E-state index contributed by atoms with van der Waals surface area (Å²) in [6, 6.07) is 17.6. The van der Waals surface area contributed by atoms with Crippen LogP contribution in [0.25, 0.3) is 33.2 Å². The molecule has 1 aliphatic heterocycles. The van der Waals surface area contributed by atoms with Crippen molar-refractivity contribution in [2.45, 2.75) is 25.8 Å². The van der Waals surface area contributed by atoms with E-state index in [9.17, 15) is 9.18 Å². The van der Waals surface area contributed by atoms with Crippen molar-refractivity contribution in [3.05, 3.63) is 83.8 Å². The molecular formula is C28H25FN6O. The minimum atomic E-state index is -0.294. The van der Waals surface area contributed by atoms with Crippen LogP contribution in [0, 0.1) is 5.82 Å². The number of fused-ring (bicyclic) bond motifs is 2. The van der Waals surface area contributed by atoms with E-state index < -0.39 is 0 Å². The maximum absolute atomic E-state index is 13.6. The van der Waals surface area contributed by atoms with Gasteiger partial charge in [-0.25, -0.2) is 14.4 Å². The molecule has 2 aromatic heterocycles. The number of halogens is 1. The van der Waals surface area contributed by atoms with Crippen molar-refractivity contribution < 1.29 is 9.18 Å². The number of nitrogens with zero attached hydrogens (tertiary/aromatic N) is 4. The van der Waals surface area contributed by atoms with E-state index in [-0.39, 0.29) is 11.7 Å². The van der Waals surface area contributed by atoms with Crippen molar-refractivity contribution in [3.8, 4) is 11.3 Å². The summed E-state index contributed by atoms with van der Waals surface area (Å²) in [5, 5.41) is 10.9. The van der Waals surface area contributed by atoms with Crippen LogP contribution in [0.2, 0.25) is 0 Å². The Kier molecular flexibility index (Phi) is 5.77. The van der Waals surface area contributed by atoms with Gasteiger partial charge < -0.3 is 10.2 Å². The number of amides is 1. The van der Waals surface area contributed by atoms with E-state index in [0.29, 0.717) is 23.3 Å². The quantitative estimate of drug-likeness (QED) is 0.360. The van der Waals surface area contributed by atoms with E-state index in [1.807, 2.05) is 24.3 Å². The Morgan fingerprint density at radius 2 is 1.78 bits per heavy atom. The molecule has 1 aliphatic rings. The van der Waals surface area contributed by atoms with E-state index in [1.54, 1.807) is 30.5 Å². The van der Waals surface area contributed by atoms with Gasteiger partial charge in [-0.15, -0.1) is 0 Å². The van der Waals surface area contributed by atoms with Crippen molar-refractivity contribution in [3.63, 3.8) is 0 Å². The largest absolute Gasteiger partial charge is 0.355 e. The fourth-order valence-corrected chi connectivity index (χ4v) is 4.70. The average molecular weight is 481 g/mol. The fourth-order valence-electron chi connectivity index (χ4n) is 4.70. The van der Waals surface area contributed by atoms with Crippen LogP contribution in [-0.2, 0) is 6.54 Å². The second kappa shape index (κ2) is 9.37. The van der Waals surface area contributed by atoms with Gasteiger partial charge in [-0.05, 0) is 79.4 Å². The first-order chi connectivity index (χ1) is 17.6. The Morgan fingerprint density at radius 1 is 0.944 bits per heavy atom. The van der Waals surface area contributed by atoms with Crippen molar-refractivity contribution in [2.75, 3.05) is 18.0 Å². The van der Waals surface area contributed by atoms with Crippen molar-refractivity contribution in [1.82, 2.24) is 25.5 Å². The molecule has 0 radical (unpaired) electrons. The first-order valence-corrected chi connectivity index (χ1v) is 12.2. The normalized spacial score (nSPS) is 13.9. The van der Waals surface area contributed by atoms with Gasteiger partial charge in [0, 0.05) is 36.1 Å². The van der Waals surface area contributed by atoms with E-state index in [1.165, 1.54) is 18.6 Å². The molecule has 0 saturated carbocycles. The smallest absolute Gasteiger partial charge is 0.251 e. The molecule has 0 spiro atoms. The molecule has 2 N–H and O–H groups in total. The Labute approximate surface area is 207 Å². The standard InChI is InChI=1S/C28H25FN6O/c29-22-8-5-19(6-9-22)26-27(35-12-2-1-3-13-35)33-24-11-7-20(15-25(24)32-26)28(36)30-16-18-4-10-23-21(14-18)17-31-34-23/h4-11,14-15,17H,1-3,12-13,16H2,(H,30,36)(H,31,34). The lowest BCUT2D eigenvalue weighted by atomic mass is 10.1.